The molecule has 1 fully saturated rings. The van der Waals surface area contributed by atoms with Gasteiger partial charge in [0.1, 0.15) is 0 Å². The molecule has 0 aliphatic carbocycles. The summed E-state index contributed by atoms with van der Waals surface area (Å²) in [6.45, 7) is 1.82. The van der Waals surface area contributed by atoms with Crippen LogP contribution in [-0.2, 0) is 17.8 Å². The van der Waals surface area contributed by atoms with E-state index in [0.717, 1.165) is 58.7 Å². The van der Waals surface area contributed by atoms with Gasteiger partial charge < -0.3 is 25.6 Å². The minimum atomic E-state index is -0.472. The van der Waals surface area contributed by atoms with Gasteiger partial charge in [0, 0.05) is 29.6 Å². The minimum Gasteiger partial charge on any atom is -0.394 e. The number of aliphatic hydroxyl groups excluding tert-OH is 1. The fourth-order valence-electron chi connectivity index (χ4n) is 5.21. The number of carbonyl (C=O) groups excluding carboxylic acids is 2. The zero-order valence-corrected chi connectivity index (χ0v) is 21.0. The van der Waals surface area contributed by atoms with Crippen LogP contribution in [0.2, 0.25) is 0 Å². The number of fused-ring (bicyclic) bond motifs is 2. The second kappa shape index (κ2) is 11.6. The van der Waals surface area contributed by atoms with Crippen molar-refractivity contribution < 1.29 is 14.7 Å². The highest BCUT2D eigenvalue weighted by molar-refractivity contribution is 5.88. The van der Waals surface area contributed by atoms with Crippen LogP contribution in [0.15, 0.2) is 72.9 Å². The standard InChI is InChI=1S/C30H34N4O3/c35-20-26(16-25-17-32-28-8-4-3-7-27(25)28)33-30(37)34(19-29(36)23-11-13-31-14-12-23)18-21-9-10-22-5-1-2-6-24(22)15-21/h1-10,15,17,23,26,31-32,35H,11-14,16,18-20H2,(H,33,37)/t26-/m1/s1. The molecule has 2 heterocycles. The van der Waals surface area contributed by atoms with Crippen LogP contribution < -0.4 is 10.6 Å². The lowest BCUT2D eigenvalue weighted by atomic mass is 9.93. The maximum absolute atomic E-state index is 13.5. The summed E-state index contributed by atoms with van der Waals surface area (Å²) in [5, 5.41) is 19.7. The number of amides is 2. The molecule has 4 aromatic rings. The molecule has 2 amide bonds. The summed E-state index contributed by atoms with van der Waals surface area (Å²) in [5.41, 5.74) is 3.01. The van der Waals surface area contributed by atoms with E-state index in [0.29, 0.717) is 13.0 Å². The number of hydrogen-bond acceptors (Lipinski definition) is 4. The van der Waals surface area contributed by atoms with E-state index in [2.05, 4.69) is 27.8 Å². The van der Waals surface area contributed by atoms with Crippen molar-refractivity contribution in [1.82, 2.24) is 20.5 Å². The summed E-state index contributed by atoms with van der Waals surface area (Å²) in [7, 11) is 0. The summed E-state index contributed by atoms with van der Waals surface area (Å²) in [6.07, 6.45) is 4.00. The first-order chi connectivity index (χ1) is 18.1. The number of piperidine rings is 1. The summed E-state index contributed by atoms with van der Waals surface area (Å²) in [5.74, 6) is 0.0580. The molecule has 0 radical (unpaired) electrons. The van der Waals surface area contributed by atoms with E-state index in [-0.39, 0.29) is 30.9 Å². The Morgan fingerprint density at radius 2 is 1.76 bits per heavy atom. The second-order valence-corrected chi connectivity index (χ2v) is 9.92. The highest BCUT2D eigenvalue weighted by Gasteiger charge is 2.26. The van der Waals surface area contributed by atoms with Gasteiger partial charge in [-0.2, -0.15) is 0 Å². The van der Waals surface area contributed by atoms with Crippen molar-refractivity contribution in [2.75, 3.05) is 26.2 Å². The molecule has 0 bridgehead atoms. The van der Waals surface area contributed by atoms with Gasteiger partial charge in [0.15, 0.2) is 5.78 Å². The van der Waals surface area contributed by atoms with E-state index in [4.69, 9.17) is 0 Å². The van der Waals surface area contributed by atoms with E-state index < -0.39 is 6.04 Å². The zero-order valence-electron chi connectivity index (χ0n) is 21.0. The van der Waals surface area contributed by atoms with Crippen LogP contribution >= 0.6 is 0 Å². The minimum absolute atomic E-state index is 0.0342. The Morgan fingerprint density at radius 1 is 1.00 bits per heavy atom. The number of benzene rings is 3. The van der Waals surface area contributed by atoms with Gasteiger partial charge >= 0.3 is 6.03 Å². The molecule has 1 saturated heterocycles. The Kier molecular flexibility index (Phi) is 7.82. The molecule has 0 unspecified atom stereocenters. The number of aromatic nitrogens is 1. The number of Topliss-reactive ketones (excluding diaryl/α,β-unsaturated/α-hetero) is 1. The number of H-pyrrole nitrogens is 1. The molecule has 192 valence electrons. The van der Waals surface area contributed by atoms with Crippen LogP contribution in [0.25, 0.3) is 21.7 Å². The Morgan fingerprint density at radius 3 is 2.57 bits per heavy atom. The SMILES string of the molecule is O=C(CN(Cc1ccc2ccccc2c1)C(=O)N[C@@H](CO)Cc1c[nH]c2ccccc12)C1CCNCC1. The van der Waals surface area contributed by atoms with Crippen molar-refractivity contribution in [2.45, 2.75) is 31.8 Å². The third kappa shape index (κ3) is 6.01. The van der Waals surface area contributed by atoms with Crippen LogP contribution in [-0.4, -0.2) is 59.1 Å². The largest absolute Gasteiger partial charge is 0.394 e. The third-order valence-electron chi connectivity index (χ3n) is 7.30. The first kappa shape index (κ1) is 25.0. The quantitative estimate of drug-likeness (QED) is 0.280. The number of aromatic amines is 1. The number of para-hydroxylation sites is 1. The van der Waals surface area contributed by atoms with E-state index in [1.54, 1.807) is 4.90 Å². The molecule has 3 aromatic carbocycles. The van der Waals surface area contributed by atoms with Crippen LogP contribution in [0.4, 0.5) is 4.79 Å². The molecule has 0 saturated carbocycles. The third-order valence-corrected chi connectivity index (χ3v) is 7.30. The van der Waals surface area contributed by atoms with Gasteiger partial charge in [-0.3, -0.25) is 4.79 Å². The van der Waals surface area contributed by atoms with Crippen molar-refractivity contribution in [3.8, 4) is 0 Å². The van der Waals surface area contributed by atoms with Crippen molar-refractivity contribution >= 4 is 33.5 Å². The van der Waals surface area contributed by atoms with Gasteiger partial charge in [0.2, 0.25) is 0 Å². The molecular formula is C30H34N4O3. The highest BCUT2D eigenvalue weighted by atomic mass is 16.3. The van der Waals surface area contributed by atoms with E-state index in [1.807, 2.05) is 60.8 Å². The zero-order chi connectivity index (χ0) is 25.6. The predicted molar refractivity (Wildman–Crippen MR) is 146 cm³/mol. The average molecular weight is 499 g/mol. The molecular weight excluding hydrogens is 464 g/mol. The Labute approximate surface area is 216 Å². The lowest BCUT2D eigenvalue weighted by molar-refractivity contribution is -0.124. The van der Waals surface area contributed by atoms with Crippen LogP contribution in [0.5, 0.6) is 0 Å². The molecule has 5 rings (SSSR count). The number of ketones is 1. The average Bonchev–Trinajstić information content (AvgIpc) is 3.35. The Hall–Kier alpha value is -3.68. The van der Waals surface area contributed by atoms with Gasteiger partial charge in [-0.05, 0) is 66.4 Å². The molecule has 1 aliphatic rings. The van der Waals surface area contributed by atoms with Gasteiger partial charge in [-0.15, -0.1) is 0 Å². The topological polar surface area (TPSA) is 97.5 Å². The molecule has 37 heavy (non-hydrogen) atoms. The highest BCUT2D eigenvalue weighted by Crippen LogP contribution is 2.21. The molecule has 7 nitrogen and oxygen atoms in total. The lowest BCUT2D eigenvalue weighted by Crippen LogP contribution is -2.49. The summed E-state index contributed by atoms with van der Waals surface area (Å²) < 4.78 is 0. The first-order valence-electron chi connectivity index (χ1n) is 13.0. The fourth-order valence-corrected chi connectivity index (χ4v) is 5.21. The first-order valence-corrected chi connectivity index (χ1v) is 13.0. The van der Waals surface area contributed by atoms with Crippen molar-refractivity contribution in [3.05, 3.63) is 84.1 Å². The van der Waals surface area contributed by atoms with Gasteiger partial charge in [0.25, 0.3) is 0 Å². The smallest absolute Gasteiger partial charge is 0.318 e. The van der Waals surface area contributed by atoms with Gasteiger partial charge in [-0.1, -0.05) is 54.6 Å². The molecule has 7 heteroatoms. The molecule has 1 aliphatic heterocycles. The molecule has 1 atom stereocenters. The Balaban J connectivity index is 1.33. The normalized spacial score (nSPS) is 15.1. The number of carbonyl (C=O) groups is 2. The van der Waals surface area contributed by atoms with Gasteiger partial charge in [0.05, 0.1) is 19.2 Å². The van der Waals surface area contributed by atoms with E-state index in [1.165, 1.54) is 0 Å². The summed E-state index contributed by atoms with van der Waals surface area (Å²) in [6, 6.07) is 21.4. The maximum atomic E-state index is 13.5. The number of rotatable bonds is 9. The number of urea groups is 1. The lowest BCUT2D eigenvalue weighted by Gasteiger charge is -2.28. The number of aliphatic hydroxyl groups is 1. The van der Waals surface area contributed by atoms with Crippen LogP contribution in [0.3, 0.4) is 0 Å². The maximum Gasteiger partial charge on any atom is 0.318 e. The van der Waals surface area contributed by atoms with Crippen LogP contribution in [0.1, 0.15) is 24.0 Å². The second-order valence-electron chi connectivity index (χ2n) is 9.92. The molecule has 4 N–H and O–H groups in total. The predicted octanol–water partition coefficient (Wildman–Crippen LogP) is 4.01. The van der Waals surface area contributed by atoms with Crippen molar-refractivity contribution in [1.29, 1.82) is 0 Å². The monoisotopic (exact) mass is 498 g/mol. The fraction of sp³-hybridized carbons (Fsp3) is 0.333. The van der Waals surface area contributed by atoms with Gasteiger partial charge in [-0.25, -0.2) is 4.79 Å². The molecule has 1 aromatic heterocycles. The number of nitrogens with zero attached hydrogens (tertiary/aromatic N) is 1. The summed E-state index contributed by atoms with van der Waals surface area (Å²) in [4.78, 5) is 31.5. The van der Waals surface area contributed by atoms with Crippen LogP contribution in [0, 0.1) is 5.92 Å². The van der Waals surface area contributed by atoms with Crippen molar-refractivity contribution in [2.24, 2.45) is 5.92 Å². The molecule has 0 spiro atoms. The summed E-state index contributed by atoms with van der Waals surface area (Å²) >= 11 is 0. The van der Waals surface area contributed by atoms with E-state index in [9.17, 15) is 14.7 Å². The number of hydrogen-bond donors (Lipinski definition) is 4. The van der Waals surface area contributed by atoms with Crippen molar-refractivity contribution in [3.63, 3.8) is 0 Å². The Bertz CT molecular complexity index is 1380. The van der Waals surface area contributed by atoms with E-state index >= 15 is 0 Å². The number of nitrogens with one attached hydrogen (secondary N) is 3.